The minimum atomic E-state index is -4.50. The molecule has 0 bridgehead atoms. The van der Waals surface area contributed by atoms with Crippen LogP contribution in [-0.2, 0) is 6.18 Å². The number of nitrogen functional groups attached to an aromatic ring is 1. The average Bonchev–Trinajstić information content (AvgIpc) is 2.47. The molecule has 3 rings (SSSR count). The zero-order valence-electron chi connectivity index (χ0n) is 11.5. The summed E-state index contributed by atoms with van der Waals surface area (Å²) < 4.78 is 39.5. The summed E-state index contributed by atoms with van der Waals surface area (Å²) in [5, 5.41) is 0.0925. The molecule has 0 saturated carbocycles. The maximum atomic E-state index is 12.8. The molecule has 3 aromatic rings. The Morgan fingerprint density at radius 2 is 1.83 bits per heavy atom. The fourth-order valence-electron chi connectivity index (χ4n) is 2.30. The van der Waals surface area contributed by atoms with Crippen molar-refractivity contribution in [1.29, 1.82) is 0 Å². The second-order valence-corrected chi connectivity index (χ2v) is 5.27. The lowest BCUT2D eigenvalue weighted by Gasteiger charge is -2.12. The molecule has 0 atom stereocenters. The molecule has 0 amide bonds. The maximum Gasteiger partial charge on any atom is 0.416 e. The summed E-state index contributed by atoms with van der Waals surface area (Å²) in [6.45, 7) is 0. The summed E-state index contributed by atoms with van der Waals surface area (Å²) in [6, 6.07) is 9.45. The molecule has 0 aliphatic rings. The first-order chi connectivity index (χ1) is 10.8. The number of rotatable bonds is 1. The fourth-order valence-corrected chi connectivity index (χ4v) is 2.60. The number of nitrogens with two attached hydrogens (primary N) is 1. The van der Waals surface area contributed by atoms with Gasteiger partial charge in [0.15, 0.2) is 4.77 Å². The van der Waals surface area contributed by atoms with Crippen LogP contribution in [0.25, 0.3) is 16.6 Å². The van der Waals surface area contributed by atoms with E-state index in [1.165, 1.54) is 4.57 Å². The van der Waals surface area contributed by atoms with Crippen LogP contribution in [0, 0.1) is 4.77 Å². The van der Waals surface area contributed by atoms with Gasteiger partial charge in [-0.1, -0.05) is 12.1 Å². The van der Waals surface area contributed by atoms with E-state index in [-0.39, 0.29) is 15.7 Å². The lowest BCUT2D eigenvalue weighted by molar-refractivity contribution is -0.137. The lowest BCUT2D eigenvalue weighted by Crippen LogP contribution is -2.21. The standard InChI is InChI=1S/C15H10F3N3OS/c16-15(17,18)8-5-6-9-11(7-8)20-14(23)21(13(9)22)12-4-2-1-3-10(12)19/h1-7H,19H2,(H,20,23). The SMILES string of the molecule is Nc1ccccc1-n1c(=S)[nH]c2cc(C(F)(F)F)ccc2c1=O. The number of hydrogen-bond donors (Lipinski definition) is 2. The highest BCUT2D eigenvalue weighted by atomic mass is 32.1. The van der Waals surface area contributed by atoms with Gasteiger partial charge in [-0.25, -0.2) is 0 Å². The number of nitrogens with zero attached hydrogens (tertiary/aromatic N) is 1. The summed E-state index contributed by atoms with van der Waals surface area (Å²) in [7, 11) is 0. The van der Waals surface area contributed by atoms with Crippen molar-refractivity contribution >= 4 is 28.8 Å². The fraction of sp³-hybridized carbons (Fsp3) is 0.0667. The number of benzene rings is 2. The van der Waals surface area contributed by atoms with Crippen molar-refractivity contribution in [3.05, 3.63) is 63.2 Å². The molecular formula is C15H10F3N3OS. The molecule has 1 heterocycles. The van der Waals surface area contributed by atoms with Gasteiger partial charge in [0.1, 0.15) is 0 Å². The molecule has 23 heavy (non-hydrogen) atoms. The summed E-state index contributed by atoms with van der Waals surface area (Å²) in [6.07, 6.45) is -4.50. The Hall–Kier alpha value is -2.61. The molecule has 0 aliphatic carbocycles. The van der Waals surface area contributed by atoms with Gasteiger partial charge in [0.05, 0.1) is 27.8 Å². The topological polar surface area (TPSA) is 63.8 Å². The predicted octanol–water partition coefficient (Wildman–Crippen LogP) is 3.65. The van der Waals surface area contributed by atoms with E-state index in [2.05, 4.69) is 4.98 Å². The van der Waals surface area contributed by atoms with Crippen LogP contribution in [0.15, 0.2) is 47.3 Å². The molecular weight excluding hydrogens is 327 g/mol. The average molecular weight is 337 g/mol. The van der Waals surface area contributed by atoms with Gasteiger partial charge in [0.25, 0.3) is 5.56 Å². The maximum absolute atomic E-state index is 12.8. The van der Waals surface area contributed by atoms with E-state index in [0.717, 1.165) is 18.2 Å². The van der Waals surface area contributed by atoms with Gasteiger partial charge in [-0.15, -0.1) is 0 Å². The van der Waals surface area contributed by atoms with Gasteiger partial charge >= 0.3 is 6.18 Å². The molecule has 3 N–H and O–H groups in total. The number of H-pyrrole nitrogens is 1. The Kier molecular flexibility index (Phi) is 3.48. The van der Waals surface area contributed by atoms with E-state index in [1.807, 2.05) is 0 Å². The second-order valence-electron chi connectivity index (χ2n) is 4.89. The molecule has 8 heteroatoms. The molecule has 0 spiro atoms. The first-order valence-electron chi connectivity index (χ1n) is 6.50. The quantitative estimate of drug-likeness (QED) is 0.526. The van der Waals surface area contributed by atoms with Crippen molar-refractivity contribution in [3.63, 3.8) is 0 Å². The van der Waals surface area contributed by atoms with Gasteiger partial charge in [-0.3, -0.25) is 9.36 Å². The van der Waals surface area contributed by atoms with Crippen LogP contribution < -0.4 is 11.3 Å². The number of alkyl halides is 3. The number of anilines is 1. The smallest absolute Gasteiger partial charge is 0.397 e. The number of aromatic nitrogens is 2. The minimum absolute atomic E-state index is 0.0280. The minimum Gasteiger partial charge on any atom is -0.397 e. The monoisotopic (exact) mass is 337 g/mol. The van der Waals surface area contributed by atoms with Crippen molar-refractivity contribution in [2.75, 3.05) is 5.73 Å². The summed E-state index contributed by atoms with van der Waals surface area (Å²) in [5.41, 5.74) is 5.20. The summed E-state index contributed by atoms with van der Waals surface area (Å²) >= 11 is 5.12. The van der Waals surface area contributed by atoms with Gasteiger partial charge in [0.2, 0.25) is 0 Å². The zero-order chi connectivity index (χ0) is 16.8. The molecule has 4 nitrogen and oxygen atoms in total. The van der Waals surface area contributed by atoms with Crippen LogP contribution >= 0.6 is 12.2 Å². The van der Waals surface area contributed by atoms with Gasteiger partial charge in [0, 0.05) is 0 Å². The van der Waals surface area contributed by atoms with E-state index in [4.69, 9.17) is 18.0 Å². The third-order valence-corrected chi connectivity index (χ3v) is 3.69. The normalized spacial score (nSPS) is 11.8. The number of nitrogens with one attached hydrogen (secondary N) is 1. The Morgan fingerprint density at radius 3 is 2.48 bits per heavy atom. The van der Waals surface area contributed by atoms with Crippen LogP contribution in [0.4, 0.5) is 18.9 Å². The summed E-state index contributed by atoms with van der Waals surface area (Å²) in [5.74, 6) is 0. The largest absolute Gasteiger partial charge is 0.416 e. The molecule has 0 aliphatic heterocycles. The molecule has 2 aromatic carbocycles. The van der Waals surface area contributed by atoms with Crippen LogP contribution in [0.3, 0.4) is 0 Å². The van der Waals surface area contributed by atoms with E-state index >= 15 is 0 Å². The first kappa shape index (κ1) is 15.3. The highest BCUT2D eigenvalue weighted by molar-refractivity contribution is 7.71. The Morgan fingerprint density at radius 1 is 1.13 bits per heavy atom. The van der Waals surface area contributed by atoms with E-state index in [0.29, 0.717) is 11.4 Å². The first-order valence-corrected chi connectivity index (χ1v) is 6.91. The number of para-hydroxylation sites is 2. The van der Waals surface area contributed by atoms with Gasteiger partial charge in [-0.2, -0.15) is 13.2 Å². The Balaban J connectivity index is 2.34. The number of aromatic amines is 1. The van der Waals surface area contributed by atoms with E-state index < -0.39 is 17.3 Å². The summed E-state index contributed by atoms with van der Waals surface area (Å²) in [4.78, 5) is 15.3. The number of hydrogen-bond acceptors (Lipinski definition) is 3. The molecule has 0 fully saturated rings. The third kappa shape index (κ3) is 2.61. The van der Waals surface area contributed by atoms with Crippen LogP contribution in [-0.4, -0.2) is 9.55 Å². The van der Waals surface area contributed by atoms with Crippen LogP contribution in [0.1, 0.15) is 5.56 Å². The van der Waals surface area contributed by atoms with E-state index in [9.17, 15) is 18.0 Å². The van der Waals surface area contributed by atoms with Crippen LogP contribution in [0.2, 0.25) is 0 Å². The predicted molar refractivity (Wildman–Crippen MR) is 84.1 cm³/mol. The van der Waals surface area contributed by atoms with Crippen molar-refractivity contribution < 1.29 is 13.2 Å². The number of fused-ring (bicyclic) bond motifs is 1. The molecule has 0 unspecified atom stereocenters. The molecule has 0 saturated heterocycles. The van der Waals surface area contributed by atoms with Gasteiger partial charge in [-0.05, 0) is 42.5 Å². The Labute approximate surface area is 133 Å². The molecule has 118 valence electrons. The third-order valence-electron chi connectivity index (χ3n) is 3.40. The van der Waals surface area contributed by atoms with Crippen molar-refractivity contribution in [3.8, 4) is 5.69 Å². The second kappa shape index (κ2) is 5.24. The molecule has 0 radical (unpaired) electrons. The van der Waals surface area contributed by atoms with Crippen molar-refractivity contribution in [2.24, 2.45) is 0 Å². The Bertz CT molecular complexity index is 1020. The zero-order valence-corrected chi connectivity index (χ0v) is 12.3. The van der Waals surface area contributed by atoms with E-state index in [1.54, 1.807) is 24.3 Å². The van der Waals surface area contributed by atoms with Gasteiger partial charge < -0.3 is 10.7 Å². The molecule has 1 aromatic heterocycles. The van der Waals surface area contributed by atoms with Crippen LogP contribution in [0.5, 0.6) is 0 Å². The van der Waals surface area contributed by atoms with Crippen molar-refractivity contribution in [2.45, 2.75) is 6.18 Å². The number of halogens is 3. The highest BCUT2D eigenvalue weighted by Crippen LogP contribution is 2.30. The lowest BCUT2D eigenvalue weighted by atomic mass is 10.1. The van der Waals surface area contributed by atoms with Crippen molar-refractivity contribution in [1.82, 2.24) is 9.55 Å². The highest BCUT2D eigenvalue weighted by Gasteiger charge is 2.30.